The van der Waals surface area contributed by atoms with Gasteiger partial charge in [0.25, 0.3) is 0 Å². The average Bonchev–Trinajstić information content (AvgIpc) is 2.98. The van der Waals surface area contributed by atoms with E-state index in [1.54, 1.807) is 18.3 Å². The van der Waals surface area contributed by atoms with Crippen LogP contribution in [0.4, 0.5) is 0 Å². The Morgan fingerprint density at radius 3 is 2.78 bits per heavy atom. The fraction of sp³-hybridized carbons (Fsp3) is 0.444. The molecular weight excluding hydrogens is 308 g/mol. The summed E-state index contributed by atoms with van der Waals surface area (Å²) in [6, 6.07) is 8.17. The van der Waals surface area contributed by atoms with Crippen LogP contribution in [0.2, 0.25) is 0 Å². The van der Waals surface area contributed by atoms with Gasteiger partial charge in [-0.25, -0.2) is 4.98 Å². The first-order valence-electron chi connectivity index (χ1n) is 7.90. The van der Waals surface area contributed by atoms with Crippen molar-refractivity contribution in [2.75, 3.05) is 0 Å². The number of nitrogens with zero attached hydrogens (tertiary/aromatic N) is 2. The fourth-order valence-corrected chi connectivity index (χ4v) is 3.01. The number of hydrogen-bond donors (Lipinski definition) is 0. The number of ether oxygens (including phenoxy) is 1. The Morgan fingerprint density at radius 1 is 1.39 bits per heavy atom. The summed E-state index contributed by atoms with van der Waals surface area (Å²) in [6.45, 7) is 8.81. The van der Waals surface area contributed by atoms with Crippen LogP contribution in [-0.2, 0) is 17.9 Å². The summed E-state index contributed by atoms with van der Waals surface area (Å²) in [6.07, 6.45) is 0.937. The van der Waals surface area contributed by atoms with E-state index in [1.807, 2.05) is 41.5 Å². The number of carbonyl (C=O) groups is 1. The lowest BCUT2D eigenvalue weighted by Gasteiger charge is -2.26. The molecule has 124 valence electrons. The summed E-state index contributed by atoms with van der Waals surface area (Å²) < 4.78 is 5.82. The van der Waals surface area contributed by atoms with E-state index < -0.39 is 0 Å². The molecule has 1 aromatic carbocycles. The first kappa shape index (κ1) is 17.5. The monoisotopic (exact) mass is 332 g/mol. The highest BCUT2D eigenvalue weighted by molar-refractivity contribution is 7.09. The van der Waals surface area contributed by atoms with Crippen LogP contribution in [-0.4, -0.2) is 21.8 Å². The summed E-state index contributed by atoms with van der Waals surface area (Å²) in [4.78, 5) is 18.2. The van der Waals surface area contributed by atoms with Crippen molar-refractivity contribution in [3.63, 3.8) is 0 Å². The first-order valence-corrected chi connectivity index (χ1v) is 8.78. The summed E-state index contributed by atoms with van der Waals surface area (Å²) in [5.74, 6) is 0.972. The van der Waals surface area contributed by atoms with Crippen molar-refractivity contribution >= 4 is 17.2 Å². The van der Waals surface area contributed by atoms with Crippen molar-refractivity contribution in [2.45, 2.75) is 53.3 Å². The molecule has 0 fully saturated rings. The van der Waals surface area contributed by atoms with E-state index in [0.717, 1.165) is 28.4 Å². The number of para-hydroxylation sites is 1. The summed E-state index contributed by atoms with van der Waals surface area (Å²) in [5.41, 5.74) is 2.04. The quantitative estimate of drug-likeness (QED) is 0.764. The molecule has 1 amide bonds. The molecule has 2 rings (SSSR count). The molecular formula is C18H24N2O2S. The number of carbonyl (C=O) groups excluding carboxylic acids is 1. The van der Waals surface area contributed by atoms with Crippen molar-refractivity contribution in [3.05, 3.63) is 45.9 Å². The zero-order valence-corrected chi connectivity index (χ0v) is 15.0. The van der Waals surface area contributed by atoms with Crippen LogP contribution in [0.3, 0.4) is 0 Å². The number of hydrogen-bond acceptors (Lipinski definition) is 4. The average molecular weight is 332 g/mol. The molecule has 0 N–H and O–H groups in total. The molecule has 5 heteroatoms. The van der Waals surface area contributed by atoms with Crippen molar-refractivity contribution in [2.24, 2.45) is 0 Å². The van der Waals surface area contributed by atoms with Crippen molar-refractivity contribution < 1.29 is 9.53 Å². The lowest BCUT2D eigenvalue weighted by atomic mass is 10.2. The van der Waals surface area contributed by atoms with Gasteiger partial charge in [0.05, 0.1) is 12.2 Å². The minimum Gasteiger partial charge on any atom is -0.486 e. The third kappa shape index (κ3) is 4.79. The molecule has 1 heterocycles. The van der Waals surface area contributed by atoms with Gasteiger partial charge >= 0.3 is 0 Å². The molecule has 0 aliphatic rings. The molecule has 0 aliphatic carbocycles. The standard InChI is InChI=1S/C18H24N2O2S/c1-5-14(3)20(15(4)21)10-16-12-23-18(19-16)11-22-17-9-7-6-8-13(17)2/h6-9,12,14H,5,10-11H2,1-4H3/t14-/m1/s1. The molecule has 2 aromatic rings. The SMILES string of the molecule is CC[C@@H](C)N(Cc1csc(COc2ccccc2C)n1)C(C)=O. The minimum absolute atomic E-state index is 0.0880. The number of aromatic nitrogens is 1. The van der Waals surface area contributed by atoms with Crippen LogP contribution < -0.4 is 4.74 Å². The van der Waals surface area contributed by atoms with Crippen molar-refractivity contribution in [3.8, 4) is 5.75 Å². The highest BCUT2D eigenvalue weighted by Gasteiger charge is 2.17. The van der Waals surface area contributed by atoms with E-state index in [9.17, 15) is 4.79 Å². The Morgan fingerprint density at radius 2 is 2.13 bits per heavy atom. The normalized spacial score (nSPS) is 12.0. The van der Waals surface area contributed by atoms with Gasteiger partial charge in [-0.2, -0.15) is 0 Å². The number of aryl methyl sites for hydroxylation is 1. The maximum absolute atomic E-state index is 11.8. The zero-order chi connectivity index (χ0) is 16.8. The van der Waals surface area contributed by atoms with Crippen molar-refractivity contribution in [1.29, 1.82) is 0 Å². The highest BCUT2D eigenvalue weighted by atomic mass is 32.1. The molecule has 23 heavy (non-hydrogen) atoms. The lowest BCUT2D eigenvalue weighted by Crippen LogP contribution is -2.36. The van der Waals surface area contributed by atoms with Crippen LogP contribution >= 0.6 is 11.3 Å². The van der Waals surface area contributed by atoms with E-state index in [1.165, 1.54) is 0 Å². The van der Waals surface area contributed by atoms with Gasteiger partial charge in [0.2, 0.25) is 5.91 Å². The molecule has 0 saturated heterocycles. The third-order valence-corrected chi connectivity index (χ3v) is 4.77. The van der Waals surface area contributed by atoms with Gasteiger partial charge in [-0.3, -0.25) is 4.79 Å². The fourth-order valence-electron chi connectivity index (χ4n) is 2.32. The van der Waals surface area contributed by atoms with E-state index in [0.29, 0.717) is 13.2 Å². The second-order valence-electron chi connectivity index (χ2n) is 5.69. The summed E-state index contributed by atoms with van der Waals surface area (Å²) in [7, 11) is 0. The molecule has 0 aliphatic heterocycles. The van der Waals surface area contributed by atoms with Crippen LogP contribution in [0.15, 0.2) is 29.6 Å². The molecule has 0 bridgehead atoms. The lowest BCUT2D eigenvalue weighted by molar-refractivity contribution is -0.131. The second-order valence-corrected chi connectivity index (χ2v) is 6.63. The number of benzene rings is 1. The van der Waals surface area contributed by atoms with E-state index >= 15 is 0 Å². The summed E-state index contributed by atoms with van der Waals surface area (Å²) >= 11 is 1.57. The Hall–Kier alpha value is -1.88. The maximum Gasteiger partial charge on any atom is 0.220 e. The van der Waals surface area contributed by atoms with Gasteiger partial charge in [0, 0.05) is 18.3 Å². The molecule has 1 aromatic heterocycles. The first-order chi connectivity index (χ1) is 11.0. The van der Waals surface area contributed by atoms with Gasteiger partial charge in [-0.15, -0.1) is 11.3 Å². The van der Waals surface area contributed by atoms with E-state index in [2.05, 4.69) is 18.8 Å². The predicted molar refractivity (Wildman–Crippen MR) is 93.6 cm³/mol. The zero-order valence-electron chi connectivity index (χ0n) is 14.2. The van der Waals surface area contributed by atoms with Gasteiger partial charge in [-0.1, -0.05) is 25.1 Å². The number of rotatable bonds is 7. The smallest absolute Gasteiger partial charge is 0.220 e. The third-order valence-electron chi connectivity index (χ3n) is 3.90. The van der Waals surface area contributed by atoms with Gasteiger partial charge in [-0.05, 0) is 31.9 Å². The van der Waals surface area contributed by atoms with Gasteiger partial charge in [0.1, 0.15) is 17.4 Å². The molecule has 0 radical (unpaired) electrons. The molecule has 4 nitrogen and oxygen atoms in total. The van der Waals surface area contributed by atoms with Crippen LogP contribution in [0.25, 0.3) is 0 Å². The van der Waals surface area contributed by atoms with E-state index in [4.69, 9.17) is 4.74 Å². The van der Waals surface area contributed by atoms with Gasteiger partial charge < -0.3 is 9.64 Å². The Kier molecular flexibility index (Phi) is 6.16. The topological polar surface area (TPSA) is 42.4 Å². The molecule has 1 atom stereocenters. The minimum atomic E-state index is 0.0880. The molecule has 0 spiro atoms. The van der Waals surface area contributed by atoms with Crippen LogP contribution in [0.5, 0.6) is 5.75 Å². The maximum atomic E-state index is 11.8. The Balaban J connectivity index is 1.97. The highest BCUT2D eigenvalue weighted by Crippen LogP contribution is 2.20. The predicted octanol–water partition coefficient (Wildman–Crippen LogP) is 4.18. The van der Waals surface area contributed by atoms with Crippen LogP contribution in [0, 0.1) is 6.92 Å². The Labute approximate surface area is 142 Å². The number of thiazole rings is 1. The summed E-state index contributed by atoms with van der Waals surface area (Å²) in [5, 5.41) is 2.94. The van der Waals surface area contributed by atoms with Crippen LogP contribution in [0.1, 0.15) is 43.5 Å². The molecule has 0 saturated carbocycles. The largest absolute Gasteiger partial charge is 0.486 e. The molecule has 0 unspecified atom stereocenters. The second kappa shape index (κ2) is 8.11. The Bertz CT molecular complexity index is 654. The van der Waals surface area contributed by atoms with Gasteiger partial charge in [0.15, 0.2) is 0 Å². The number of amides is 1. The van der Waals surface area contributed by atoms with E-state index in [-0.39, 0.29) is 11.9 Å². The van der Waals surface area contributed by atoms with Crippen molar-refractivity contribution in [1.82, 2.24) is 9.88 Å².